The first-order valence-corrected chi connectivity index (χ1v) is 10.8. The third kappa shape index (κ3) is 3.95. The van der Waals surface area contributed by atoms with Gasteiger partial charge in [-0.15, -0.1) is 0 Å². The van der Waals surface area contributed by atoms with Crippen LogP contribution in [-0.4, -0.2) is 53.7 Å². The Balaban J connectivity index is 1.49. The SMILES string of the molecule is COc1cc(OCC2CC2)ccc1-c1ncnc2c(C(=O)N[C@@H]3CCNC3)c(C)[nH]c12. The number of aryl methyl sites for hydroxylation is 1. The molecule has 3 heterocycles. The minimum absolute atomic E-state index is 0.113. The van der Waals surface area contributed by atoms with Gasteiger partial charge in [-0.2, -0.15) is 0 Å². The molecule has 0 spiro atoms. The van der Waals surface area contributed by atoms with Gasteiger partial charge in [0.15, 0.2) is 0 Å². The molecule has 8 heteroatoms. The van der Waals surface area contributed by atoms with Crippen molar-refractivity contribution in [3.8, 4) is 22.8 Å². The van der Waals surface area contributed by atoms with Crippen LogP contribution in [0.1, 0.15) is 35.3 Å². The lowest BCUT2D eigenvalue weighted by molar-refractivity contribution is 0.0941. The Morgan fingerprint density at radius 2 is 2.13 bits per heavy atom. The van der Waals surface area contributed by atoms with Crippen LogP contribution in [-0.2, 0) is 0 Å². The molecule has 1 aliphatic heterocycles. The van der Waals surface area contributed by atoms with Crippen LogP contribution in [0.4, 0.5) is 0 Å². The predicted molar refractivity (Wildman–Crippen MR) is 118 cm³/mol. The standard InChI is InChI=1S/C23H27N5O3/c1-13-19(23(29)28-15-7-8-24-10-15)21-22(27-13)20(25-12-26-21)17-6-5-16(9-18(17)30-2)31-11-14-3-4-14/h5-6,9,12,14-15,24,27H,3-4,7-8,10-11H2,1-2H3,(H,28,29)/t15-/m1/s1. The molecule has 3 N–H and O–H groups in total. The number of rotatable bonds is 7. The van der Waals surface area contributed by atoms with Crippen molar-refractivity contribution >= 4 is 16.9 Å². The van der Waals surface area contributed by atoms with Gasteiger partial charge < -0.3 is 25.1 Å². The Kier molecular flexibility index (Phi) is 5.23. The van der Waals surface area contributed by atoms with Gasteiger partial charge in [0, 0.05) is 29.9 Å². The largest absolute Gasteiger partial charge is 0.496 e. The highest BCUT2D eigenvalue weighted by molar-refractivity contribution is 6.09. The average molecular weight is 422 g/mol. The number of hydrogen-bond acceptors (Lipinski definition) is 6. The maximum atomic E-state index is 13.0. The Hall–Kier alpha value is -3.13. The molecule has 5 rings (SSSR count). The number of amides is 1. The molecule has 1 atom stereocenters. The molecule has 1 saturated heterocycles. The van der Waals surface area contributed by atoms with E-state index in [1.807, 2.05) is 25.1 Å². The number of carbonyl (C=O) groups excluding carboxylic acids is 1. The van der Waals surface area contributed by atoms with Crippen molar-refractivity contribution < 1.29 is 14.3 Å². The smallest absolute Gasteiger partial charge is 0.255 e. The summed E-state index contributed by atoms with van der Waals surface area (Å²) in [5.41, 5.74) is 4.18. The van der Waals surface area contributed by atoms with Crippen molar-refractivity contribution in [1.82, 2.24) is 25.6 Å². The van der Waals surface area contributed by atoms with Gasteiger partial charge in [0.05, 0.1) is 24.8 Å². The number of methoxy groups -OCH3 is 1. The summed E-state index contributed by atoms with van der Waals surface area (Å²) < 4.78 is 11.5. The fourth-order valence-corrected chi connectivity index (χ4v) is 4.09. The zero-order chi connectivity index (χ0) is 21.4. The first-order valence-electron chi connectivity index (χ1n) is 10.8. The number of aromatic amines is 1. The maximum Gasteiger partial charge on any atom is 0.255 e. The lowest BCUT2D eigenvalue weighted by atomic mass is 10.1. The Bertz CT molecular complexity index is 1120. The Morgan fingerprint density at radius 3 is 2.87 bits per heavy atom. The van der Waals surface area contributed by atoms with E-state index in [1.165, 1.54) is 19.2 Å². The number of aromatic nitrogens is 3. The fraction of sp³-hybridized carbons (Fsp3) is 0.435. The van der Waals surface area contributed by atoms with Crippen molar-refractivity contribution in [2.24, 2.45) is 5.92 Å². The van der Waals surface area contributed by atoms with Crippen LogP contribution in [0, 0.1) is 12.8 Å². The quantitative estimate of drug-likeness (QED) is 0.542. The van der Waals surface area contributed by atoms with E-state index in [0.717, 1.165) is 48.6 Å². The molecule has 162 valence electrons. The molecule has 1 saturated carbocycles. The number of nitrogens with one attached hydrogen (secondary N) is 3. The molecule has 2 fully saturated rings. The Morgan fingerprint density at radius 1 is 1.26 bits per heavy atom. The molecule has 31 heavy (non-hydrogen) atoms. The third-order valence-corrected chi connectivity index (χ3v) is 6.00. The molecule has 8 nitrogen and oxygen atoms in total. The second-order valence-electron chi connectivity index (χ2n) is 8.35. The van der Waals surface area contributed by atoms with Gasteiger partial charge in [-0.25, -0.2) is 9.97 Å². The monoisotopic (exact) mass is 421 g/mol. The van der Waals surface area contributed by atoms with Crippen molar-refractivity contribution in [2.45, 2.75) is 32.2 Å². The van der Waals surface area contributed by atoms with Crippen molar-refractivity contribution in [2.75, 3.05) is 26.8 Å². The molecule has 2 aromatic heterocycles. The number of hydrogen-bond donors (Lipinski definition) is 3. The second kappa shape index (κ2) is 8.19. The summed E-state index contributed by atoms with van der Waals surface area (Å²) in [5, 5.41) is 6.38. The lowest BCUT2D eigenvalue weighted by Crippen LogP contribution is -2.36. The van der Waals surface area contributed by atoms with Crippen LogP contribution in [0.2, 0.25) is 0 Å². The summed E-state index contributed by atoms with van der Waals surface area (Å²) >= 11 is 0. The van der Waals surface area contributed by atoms with E-state index < -0.39 is 0 Å². The number of carbonyl (C=O) groups is 1. The number of benzene rings is 1. The summed E-state index contributed by atoms with van der Waals surface area (Å²) in [6.07, 6.45) is 4.91. The molecule has 1 amide bonds. The van der Waals surface area contributed by atoms with Crippen LogP contribution in [0.25, 0.3) is 22.3 Å². The highest BCUT2D eigenvalue weighted by Gasteiger charge is 2.25. The lowest BCUT2D eigenvalue weighted by Gasteiger charge is -2.12. The third-order valence-electron chi connectivity index (χ3n) is 6.00. The van der Waals surface area contributed by atoms with Gasteiger partial charge in [-0.3, -0.25) is 4.79 Å². The molecule has 1 aliphatic carbocycles. The molecule has 3 aromatic rings. The van der Waals surface area contributed by atoms with Crippen LogP contribution < -0.4 is 20.1 Å². The van der Waals surface area contributed by atoms with E-state index in [1.54, 1.807) is 7.11 Å². The van der Waals surface area contributed by atoms with E-state index in [-0.39, 0.29) is 11.9 Å². The molecule has 0 unspecified atom stereocenters. The van der Waals surface area contributed by atoms with Gasteiger partial charge in [-0.05, 0) is 50.8 Å². The first-order chi connectivity index (χ1) is 15.1. The summed E-state index contributed by atoms with van der Waals surface area (Å²) in [7, 11) is 1.64. The number of H-pyrrole nitrogens is 1. The van der Waals surface area contributed by atoms with Crippen molar-refractivity contribution in [3.63, 3.8) is 0 Å². The van der Waals surface area contributed by atoms with Crippen LogP contribution >= 0.6 is 0 Å². The molecule has 0 bridgehead atoms. The minimum Gasteiger partial charge on any atom is -0.496 e. The molecular formula is C23H27N5O3. The van der Waals surface area contributed by atoms with Crippen LogP contribution in [0.3, 0.4) is 0 Å². The van der Waals surface area contributed by atoms with Gasteiger partial charge in [-0.1, -0.05) is 0 Å². The second-order valence-corrected chi connectivity index (χ2v) is 8.35. The molecule has 1 aromatic carbocycles. The van der Waals surface area contributed by atoms with E-state index in [9.17, 15) is 4.79 Å². The average Bonchev–Trinajstić information content (AvgIpc) is 3.35. The van der Waals surface area contributed by atoms with Gasteiger partial charge in [0.2, 0.25) is 0 Å². The normalized spacial score (nSPS) is 18.3. The van der Waals surface area contributed by atoms with E-state index in [2.05, 4.69) is 25.6 Å². The summed E-state index contributed by atoms with van der Waals surface area (Å²) in [6.45, 7) is 4.34. The van der Waals surface area contributed by atoms with Crippen molar-refractivity contribution in [3.05, 3.63) is 35.8 Å². The van der Waals surface area contributed by atoms with Gasteiger partial charge in [0.25, 0.3) is 5.91 Å². The predicted octanol–water partition coefficient (Wildman–Crippen LogP) is 2.82. The number of fused-ring (bicyclic) bond motifs is 1. The summed E-state index contributed by atoms with van der Waals surface area (Å²) in [6, 6.07) is 5.91. The highest BCUT2D eigenvalue weighted by Crippen LogP contribution is 2.37. The van der Waals surface area contributed by atoms with Gasteiger partial charge >= 0.3 is 0 Å². The molecular weight excluding hydrogens is 394 g/mol. The molecule has 2 aliphatic rings. The van der Waals surface area contributed by atoms with Crippen LogP contribution in [0.5, 0.6) is 11.5 Å². The number of ether oxygens (including phenoxy) is 2. The topological polar surface area (TPSA) is 101 Å². The maximum absolute atomic E-state index is 13.0. The van der Waals surface area contributed by atoms with E-state index in [0.29, 0.717) is 28.4 Å². The zero-order valence-corrected chi connectivity index (χ0v) is 17.8. The first kappa shape index (κ1) is 19.8. The number of nitrogens with zero attached hydrogens (tertiary/aromatic N) is 2. The zero-order valence-electron chi connectivity index (χ0n) is 17.8. The Labute approximate surface area is 180 Å². The van der Waals surface area contributed by atoms with E-state index in [4.69, 9.17) is 9.47 Å². The fourth-order valence-electron chi connectivity index (χ4n) is 4.09. The van der Waals surface area contributed by atoms with Gasteiger partial charge in [0.1, 0.15) is 29.0 Å². The molecule has 0 radical (unpaired) electrons. The van der Waals surface area contributed by atoms with Crippen molar-refractivity contribution in [1.29, 1.82) is 0 Å². The summed E-state index contributed by atoms with van der Waals surface area (Å²) in [5.74, 6) is 2.02. The minimum atomic E-state index is -0.113. The van der Waals surface area contributed by atoms with E-state index >= 15 is 0 Å². The summed E-state index contributed by atoms with van der Waals surface area (Å²) in [4.78, 5) is 25.2. The highest BCUT2D eigenvalue weighted by atomic mass is 16.5. The van der Waals surface area contributed by atoms with Crippen LogP contribution in [0.15, 0.2) is 24.5 Å².